The molecule has 200 valence electrons. The summed E-state index contributed by atoms with van der Waals surface area (Å²) in [5, 5.41) is 11.9. The van der Waals surface area contributed by atoms with Crippen LogP contribution in [0.15, 0.2) is 60.9 Å². The van der Waals surface area contributed by atoms with Crippen molar-refractivity contribution in [1.82, 2.24) is 24.9 Å². The van der Waals surface area contributed by atoms with E-state index in [1.807, 2.05) is 35.1 Å². The molecule has 0 aliphatic carbocycles. The van der Waals surface area contributed by atoms with Gasteiger partial charge < -0.3 is 15.4 Å². The summed E-state index contributed by atoms with van der Waals surface area (Å²) in [6.07, 6.45) is 8.29. The first-order chi connectivity index (χ1) is 18.4. The molecular weight excluding hydrogens is 488 g/mol. The molecule has 5 rings (SSSR count). The van der Waals surface area contributed by atoms with E-state index in [0.29, 0.717) is 18.8 Å². The third-order valence-corrected chi connectivity index (χ3v) is 8.94. The molecule has 0 saturated carbocycles. The number of ether oxygens (including phenoxy) is 1. The summed E-state index contributed by atoms with van der Waals surface area (Å²) >= 11 is 0. The van der Waals surface area contributed by atoms with E-state index in [1.54, 1.807) is 0 Å². The quantitative estimate of drug-likeness (QED) is 0.136. The lowest BCUT2D eigenvalue weighted by Crippen LogP contribution is -2.27. The molecule has 2 N–H and O–H groups in total. The highest BCUT2D eigenvalue weighted by molar-refractivity contribution is 6.76. The van der Waals surface area contributed by atoms with E-state index in [4.69, 9.17) is 19.8 Å². The number of fused-ring (bicyclic) bond motifs is 1. The van der Waals surface area contributed by atoms with Gasteiger partial charge in [0.25, 0.3) is 0 Å². The van der Waals surface area contributed by atoms with Gasteiger partial charge in [0.15, 0.2) is 5.65 Å². The summed E-state index contributed by atoms with van der Waals surface area (Å²) in [6.45, 7) is 10.6. The molecule has 0 bridgehead atoms. The molecule has 8 heteroatoms. The summed E-state index contributed by atoms with van der Waals surface area (Å²) in [5.74, 6) is 0.908. The number of benzene rings is 1. The Morgan fingerprint density at radius 3 is 2.61 bits per heavy atom. The molecule has 0 spiro atoms. The summed E-state index contributed by atoms with van der Waals surface area (Å²) in [6, 6.07) is 18.9. The van der Waals surface area contributed by atoms with Gasteiger partial charge in [-0.25, -0.2) is 4.98 Å². The molecule has 1 fully saturated rings. The number of anilines is 1. The van der Waals surface area contributed by atoms with Gasteiger partial charge in [-0.15, -0.1) is 0 Å². The zero-order chi connectivity index (χ0) is 26.5. The SMILES string of the molecule is C[C@@H]1CCC(CCc2cc(NCOCC[Si](C)(C)C)n3ncc(-c4ccc(-c5ccccc5)nc4)c3n2)N1. The zero-order valence-corrected chi connectivity index (χ0v) is 24.1. The van der Waals surface area contributed by atoms with Crippen molar-refractivity contribution >= 4 is 19.5 Å². The smallest absolute Gasteiger partial charge is 0.165 e. The van der Waals surface area contributed by atoms with Crippen molar-refractivity contribution in [3.05, 3.63) is 66.6 Å². The van der Waals surface area contributed by atoms with Crippen LogP contribution in [0.4, 0.5) is 5.82 Å². The van der Waals surface area contributed by atoms with Crippen molar-refractivity contribution in [2.75, 3.05) is 18.7 Å². The molecule has 1 unspecified atom stereocenters. The van der Waals surface area contributed by atoms with Gasteiger partial charge in [0.2, 0.25) is 0 Å². The maximum Gasteiger partial charge on any atom is 0.165 e. The lowest BCUT2D eigenvalue weighted by atomic mass is 10.1. The number of aryl methyl sites for hydroxylation is 1. The minimum atomic E-state index is -1.12. The molecule has 1 aliphatic heterocycles. The number of nitrogens with zero attached hydrogens (tertiary/aromatic N) is 4. The maximum atomic E-state index is 5.94. The zero-order valence-electron chi connectivity index (χ0n) is 23.1. The highest BCUT2D eigenvalue weighted by Gasteiger charge is 2.21. The summed E-state index contributed by atoms with van der Waals surface area (Å²) < 4.78 is 7.83. The van der Waals surface area contributed by atoms with Crippen LogP contribution >= 0.6 is 0 Å². The molecule has 3 aromatic heterocycles. The predicted octanol–water partition coefficient (Wildman–Crippen LogP) is 6.26. The average Bonchev–Trinajstić information content (AvgIpc) is 3.53. The molecule has 38 heavy (non-hydrogen) atoms. The third-order valence-electron chi connectivity index (χ3n) is 7.24. The lowest BCUT2D eigenvalue weighted by Gasteiger charge is -2.16. The number of aromatic nitrogens is 4. The van der Waals surface area contributed by atoms with E-state index < -0.39 is 8.07 Å². The first-order valence-electron chi connectivity index (χ1n) is 13.8. The second kappa shape index (κ2) is 11.8. The van der Waals surface area contributed by atoms with E-state index >= 15 is 0 Å². The molecule has 2 atom stereocenters. The van der Waals surface area contributed by atoms with Gasteiger partial charge >= 0.3 is 0 Å². The van der Waals surface area contributed by atoms with E-state index in [0.717, 1.165) is 65.0 Å². The molecule has 4 aromatic rings. The average molecular weight is 529 g/mol. The fourth-order valence-electron chi connectivity index (χ4n) is 4.95. The van der Waals surface area contributed by atoms with Gasteiger partial charge in [-0.05, 0) is 44.7 Å². The van der Waals surface area contributed by atoms with Crippen molar-refractivity contribution in [1.29, 1.82) is 0 Å². The van der Waals surface area contributed by atoms with Gasteiger partial charge in [0.05, 0.1) is 11.9 Å². The minimum Gasteiger partial charge on any atom is -0.362 e. The molecule has 1 saturated heterocycles. The standard InChI is InChI=1S/C30H40N6OSi/c1-22-10-12-25(34-22)13-14-26-18-29(32-21-37-16-17-38(2,3)4)36-30(35-26)27(20-33-36)24-11-15-28(31-19-24)23-8-6-5-7-9-23/h5-9,11,15,18-20,22,25,32,34H,10,12-14,16-17,21H2,1-4H3/t22-,25?/m1/s1. The van der Waals surface area contributed by atoms with E-state index in [-0.39, 0.29) is 0 Å². The number of pyridine rings is 1. The molecular formula is C30H40N6OSi. The molecule has 1 aromatic carbocycles. The second-order valence-corrected chi connectivity index (χ2v) is 17.3. The first-order valence-corrected chi connectivity index (χ1v) is 17.5. The number of hydrogen-bond donors (Lipinski definition) is 2. The van der Waals surface area contributed by atoms with Crippen LogP contribution in [0.5, 0.6) is 0 Å². The van der Waals surface area contributed by atoms with Gasteiger partial charge in [-0.3, -0.25) is 4.98 Å². The molecule has 7 nitrogen and oxygen atoms in total. The van der Waals surface area contributed by atoms with Gasteiger partial charge in [0, 0.05) is 61.4 Å². The van der Waals surface area contributed by atoms with Crippen LogP contribution in [-0.4, -0.2) is 53.1 Å². The molecule has 0 amide bonds. The second-order valence-electron chi connectivity index (χ2n) is 11.6. The highest BCUT2D eigenvalue weighted by Crippen LogP contribution is 2.28. The Balaban J connectivity index is 1.39. The van der Waals surface area contributed by atoms with E-state index in [9.17, 15) is 0 Å². The fraction of sp³-hybridized carbons (Fsp3) is 0.433. The molecule has 4 heterocycles. The van der Waals surface area contributed by atoms with E-state index in [1.165, 1.54) is 12.8 Å². The Hall–Kier alpha value is -3.07. The predicted molar refractivity (Wildman–Crippen MR) is 158 cm³/mol. The first kappa shape index (κ1) is 26.5. The number of rotatable bonds is 11. The summed E-state index contributed by atoms with van der Waals surface area (Å²) in [5.41, 5.74) is 5.96. The Bertz CT molecular complexity index is 1330. The van der Waals surface area contributed by atoms with E-state index in [2.05, 4.69) is 67.5 Å². The van der Waals surface area contributed by atoms with Gasteiger partial charge in [-0.2, -0.15) is 9.61 Å². The highest BCUT2D eigenvalue weighted by atomic mass is 28.3. The summed E-state index contributed by atoms with van der Waals surface area (Å²) in [7, 11) is -1.12. The van der Waals surface area contributed by atoms with Crippen LogP contribution in [0.1, 0.15) is 31.9 Å². The summed E-state index contributed by atoms with van der Waals surface area (Å²) in [4.78, 5) is 9.82. The van der Waals surface area contributed by atoms with Crippen molar-refractivity contribution < 1.29 is 4.74 Å². The topological polar surface area (TPSA) is 76.4 Å². The Morgan fingerprint density at radius 2 is 1.89 bits per heavy atom. The minimum absolute atomic E-state index is 0.452. The Kier molecular flexibility index (Phi) is 8.21. The van der Waals surface area contributed by atoms with Crippen molar-refractivity contribution in [3.63, 3.8) is 0 Å². The monoisotopic (exact) mass is 528 g/mol. The fourth-order valence-corrected chi connectivity index (χ4v) is 5.71. The van der Waals surface area contributed by atoms with Crippen LogP contribution < -0.4 is 10.6 Å². The Labute approximate surface area is 227 Å². The normalized spacial score (nSPS) is 17.8. The van der Waals surface area contributed by atoms with Crippen LogP contribution in [0, 0.1) is 0 Å². The van der Waals surface area contributed by atoms with Crippen molar-refractivity contribution in [3.8, 4) is 22.4 Å². The van der Waals surface area contributed by atoms with Crippen LogP contribution in [0.25, 0.3) is 28.0 Å². The maximum absolute atomic E-state index is 5.94. The Morgan fingerprint density at radius 1 is 1.05 bits per heavy atom. The number of nitrogens with one attached hydrogen (secondary N) is 2. The molecule has 0 radical (unpaired) electrons. The van der Waals surface area contributed by atoms with Gasteiger partial charge in [0.1, 0.15) is 12.5 Å². The van der Waals surface area contributed by atoms with Crippen LogP contribution in [-0.2, 0) is 11.2 Å². The van der Waals surface area contributed by atoms with Crippen molar-refractivity contribution in [2.24, 2.45) is 0 Å². The van der Waals surface area contributed by atoms with Crippen LogP contribution in [0.2, 0.25) is 25.7 Å². The van der Waals surface area contributed by atoms with Gasteiger partial charge in [-0.1, -0.05) is 56.0 Å². The molecule has 1 aliphatic rings. The third kappa shape index (κ3) is 6.67. The van der Waals surface area contributed by atoms with Crippen LogP contribution in [0.3, 0.4) is 0 Å². The largest absolute Gasteiger partial charge is 0.362 e. The number of hydrogen-bond acceptors (Lipinski definition) is 6. The lowest BCUT2D eigenvalue weighted by molar-refractivity contribution is 0.165. The van der Waals surface area contributed by atoms with Crippen molar-refractivity contribution in [2.45, 2.75) is 70.4 Å².